The summed E-state index contributed by atoms with van der Waals surface area (Å²) in [7, 11) is 0. The second-order valence-electron chi connectivity index (χ2n) is 3.39. The van der Waals surface area contributed by atoms with Gasteiger partial charge in [0.15, 0.2) is 0 Å². The van der Waals surface area contributed by atoms with Gasteiger partial charge >= 0.3 is 0 Å². The molecule has 68 valence electrons. The third-order valence-corrected chi connectivity index (χ3v) is 3.24. The molecule has 0 bridgehead atoms. The predicted molar refractivity (Wildman–Crippen MR) is 58.3 cm³/mol. The highest BCUT2D eigenvalue weighted by molar-refractivity contribution is 6.51. The Morgan fingerprint density at radius 2 is 1.85 bits per heavy atom. The van der Waals surface area contributed by atoms with E-state index in [4.69, 9.17) is 23.2 Å². The van der Waals surface area contributed by atoms with E-state index in [1.165, 1.54) is 5.56 Å². The van der Waals surface area contributed by atoms with Crippen molar-refractivity contribution in [1.82, 2.24) is 0 Å². The molecule has 2 rings (SSSR count). The highest BCUT2D eigenvalue weighted by Gasteiger charge is 2.52. The minimum absolute atomic E-state index is 0.315. The van der Waals surface area contributed by atoms with E-state index in [1.807, 2.05) is 18.2 Å². The molecule has 0 radical (unpaired) electrons. The Kier molecular flexibility index (Phi) is 2.13. The van der Waals surface area contributed by atoms with E-state index in [1.54, 1.807) is 0 Å². The Balaban J connectivity index is 2.20. The fraction of sp³-hybridized carbons (Fsp3) is 0.273. The maximum Gasteiger partial charge on any atom is 0.125 e. The van der Waals surface area contributed by atoms with Gasteiger partial charge in [0.1, 0.15) is 4.33 Å². The number of halogens is 2. The molecule has 1 saturated carbocycles. The van der Waals surface area contributed by atoms with Crippen LogP contribution in [0.25, 0.3) is 6.08 Å². The van der Waals surface area contributed by atoms with Crippen LogP contribution in [0.1, 0.15) is 23.5 Å². The molecule has 1 aliphatic rings. The van der Waals surface area contributed by atoms with Gasteiger partial charge in [-0.1, -0.05) is 36.9 Å². The summed E-state index contributed by atoms with van der Waals surface area (Å²) in [5, 5.41) is 0. The van der Waals surface area contributed by atoms with E-state index in [9.17, 15) is 0 Å². The molecule has 0 amide bonds. The van der Waals surface area contributed by atoms with Gasteiger partial charge in [-0.2, -0.15) is 0 Å². The van der Waals surface area contributed by atoms with Crippen molar-refractivity contribution in [3.63, 3.8) is 0 Å². The van der Waals surface area contributed by atoms with Gasteiger partial charge in [0.25, 0.3) is 0 Å². The SMILES string of the molecule is C=Cc1ccc(C2CC2(Cl)Cl)cc1. The fourth-order valence-electron chi connectivity index (χ4n) is 1.44. The van der Waals surface area contributed by atoms with Crippen molar-refractivity contribution < 1.29 is 0 Å². The first kappa shape index (κ1) is 9.11. The summed E-state index contributed by atoms with van der Waals surface area (Å²) in [5.41, 5.74) is 2.34. The molecule has 0 saturated heterocycles. The first-order chi connectivity index (χ1) is 6.13. The molecular weight excluding hydrogens is 203 g/mol. The summed E-state index contributed by atoms with van der Waals surface area (Å²) in [6, 6.07) is 8.19. The molecular formula is C11H10Cl2. The van der Waals surface area contributed by atoms with Crippen LogP contribution in [0.15, 0.2) is 30.8 Å². The van der Waals surface area contributed by atoms with Crippen LogP contribution in [0, 0.1) is 0 Å². The maximum absolute atomic E-state index is 5.96. The quantitative estimate of drug-likeness (QED) is 0.651. The van der Waals surface area contributed by atoms with Crippen molar-refractivity contribution in [2.45, 2.75) is 16.7 Å². The van der Waals surface area contributed by atoms with E-state index in [-0.39, 0.29) is 0 Å². The minimum Gasteiger partial charge on any atom is -0.101 e. The lowest BCUT2D eigenvalue weighted by molar-refractivity contribution is 1.11. The molecule has 1 aromatic carbocycles. The van der Waals surface area contributed by atoms with Crippen molar-refractivity contribution >= 4 is 29.3 Å². The van der Waals surface area contributed by atoms with Crippen LogP contribution >= 0.6 is 23.2 Å². The van der Waals surface area contributed by atoms with Crippen LogP contribution < -0.4 is 0 Å². The summed E-state index contributed by atoms with van der Waals surface area (Å²) >= 11 is 11.9. The molecule has 0 aliphatic heterocycles. The van der Waals surface area contributed by atoms with Gasteiger partial charge in [0.05, 0.1) is 0 Å². The molecule has 2 heteroatoms. The lowest BCUT2D eigenvalue weighted by Crippen LogP contribution is -1.89. The summed E-state index contributed by atoms with van der Waals surface area (Å²) in [6.45, 7) is 3.70. The van der Waals surface area contributed by atoms with Crippen molar-refractivity contribution in [3.8, 4) is 0 Å². The summed E-state index contributed by atoms with van der Waals surface area (Å²) in [5.74, 6) is 0.315. The van der Waals surface area contributed by atoms with E-state index in [2.05, 4.69) is 18.7 Å². The Labute approximate surface area is 88.2 Å². The fourth-order valence-corrected chi connectivity index (χ4v) is 2.00. The standard InChI is InChI=1S/C11H10Cl2/c1-2-8-3-5-9(6-4-8)10-7-11(10,12)13/h2-6,10H,1,7H2. The smallest absolute Gasteiger partial charge is 0.101 e. The van der Waals surface area contributed by atoms with E-state index in [0.717, 1.165) is 12.0 Å². The predicted octanol–water partition coefficient (Wildman–Crippen LogP) is 3.99. The molecule has 1 aromatic rings. The molecule has 1 aliphatic carbocycles. The Morgan fingerprint density at radius 1 is 1.31 bits per heavy atom. The van der Waals surface area contributed by atoms with E-state index >= 15 is 0 Å². The highest BCUT2D eigenvalue weighted by Crippen LogP contribution is 2.59. The molecule has 0 N–H and O–H groups in total. The topological polar surface area (TPSA) is 0 Å². The molecule has 0 spiro atoms. The summed E-state index contributed by atoms with van der Waals surface area (Å²) < 4.78 is -0.518. The van der Waals surface area contributed by atoms with E-state index in [0.29, 0.717) is 5.92 Å². The zero-order chi connectivity index (χ0) is 9.47. The third-order valence-electron chi connectivity index (χ3n) is 2.40. The highest BCUT2D eigenvalue weighted by atomic mass is 35.5. The van der Waals surface area contributed by atoms with Gasteiger partial charge < -0.3 is 0 Å². The van der Waals surface area contributed by atoms with Crippen LogP contribution in [0.3, 0.4) is 0 Å². The monoisotopic (exact) mass is 212 g/mol. The number of hydrogen-bond acceptors (Lipinski definition) is 0. The van der Waals surface area contributed by atoms with Gasteiger partial charge in [-0.15, -0.1) is 23.2 Å². The molecule has 13 heavy (non-hydrogen) atoms. The van der Waals surface area contributed by atoms with Crippen LogP contribution in [0.5, 0.6) is 0 Å². The van der Waals surface area contributed by atoms with Crippen molar-refractivity contribution in [3.05, 3.63) is 42.0 Å². The average Bonchev–Trinajstić information content (AvgIpc) is 2.76. The first-order valence-corrected chi connectivity index (χ1v) is 4.99. The normalized spacial score (nSPS) is 24.0. The van der Waals surface area contributed by atoms with Crippen LogP contribution in [0.4, 0.5) is 0 Å². The second kappa shape index (κ2) is 3.04. The summed E-state index contributed by atoms with van der Waals surface area (Å²) in [4.78, 5) is 0. The number of alkyl halides is 2. The first-order valence-electron chi connectivity index (χ1n) is 4.24. The summed E-state index contributed by atoms with van der Waals surface area (Å²) in [6.07, 6.45) is 2.69. The average molecular weight is 213 g/mol. The number of hydrogen-bond donors (Lipinski definition) is 0. The molecule has 0 heterocycles. The Hall–Kier alpha value is -0.460. The molecule has 0 nitrogen and oxygen atoms in total. The molecule has 1 atom stereocenters. The lowest BCUT2D eigenvalue weighted by Gasteiger charge is -2.00. The van der Waals surface area contributed by atoms with Gasteiger partial charge in [0, 0.05) is 5.92 Å². The lowest BCUT2D eigenvalue weighted by atomic mass is 10.1. The van der Waals surface area contributed by atoms with Gasteiger partial charge in [-0.25, -0.2) is 0 Å². The molecule has 0 aromatic heterocycles. The largest absolute Gasteiger partial charge is 0.125 e. The van der Waals surface area contributed by atoms with Gasteiger partial charge in [-0.3, -0.25) is 0 Å². The van der Waals surface area contributed by atoms with E-state index < -0.39 is 4.33 Å². The number of rotatable bonds is 2. The molecule has 1 unspecified atom stereocenters. The molecule has 1 fully saturated rings. The second-order valence-corrected chi connectivity index (χ2v) is 4.93. The third kappa shape index (κ3) is 1.74. The van der Waals surface area contributed by atoms with Crippen LogP contribution in [0.2, 0.25) is 0 Å². The van der Waals surface area contributed by atoms with Gasteiger partial charge in [-0.05, 0) is 17.5 Å². The van der Waals surface area contributed by atoms with Crippen LogP contribution in [-0.4, -0.2) is 4.33 Å². The van der Waals surface area contributed by atoms with Crippen LogP contribution in [-0.2, 0) is 0 Å². The Morgan fingerprint density at radius 3 is 2.23 bits per heavy atom. The van der Waals surface area contributed by atoms with Crippen molar-refractivity contribution in [1.29, 1.82) is 0 Å². The maximum atomic E-state index is 5.96. The zero-order valence-electron chi connectivity index (χ0n) is 7.13. The van der Waals surface area contributed by atoms with Crippen molar-refractivity contribution in [2.24, 2.45) is 0 Å². The van der Waals surface area contributed by atoms with Crippen molar-refractivity contribution in [2.75, 3.05) is 0 Å². The van der Waals surface area contributed by atoms with Gasteiger partial charge in [0.2, 0.25) is 0 Å². The zero-order valence-corrected chi connectivity index (χ0v) is 8.65. The Bertz CT molecular complexity index is 324. The number of benzene rings is 1. The minimum atomic E-state index is -0.518.